The summed E-state index contributed by atoms with van der Waals surface area (Å²) in [5, 5.41) is 3.26. The van der Waals surface area contributed by atoms with E-state index in [1.165, 1.54) is 0 Å². The van der Waals surface area contributed by atoms with Gasteiger partial charge in [0.2, 0.25) is 12.7 Å². The van der Waals surface area contributed by atoms with E-state index in [4.69, 9.17) is 0 Å². The van der Waals surface area contributed by atoms with Crippen LogP contribution in [0, 0.1) is 0 Å². The van der Waals surface area contributed by atoms with Crippen molar-refractivity contribution in [3.63, 3.8) is 0 Å². The molecule has 25 heavy (non-hydrogen) atoms. The van der Waals surface area contributed by atoms with Crippen LogP contribution in [0.5, 0.6) is 0 Å². The predicted octanol–water partition coefficient (Wildman–Crippen LogP) is 0.776. The fourth-order valence-corrected chi connectivity index (χ4v) is 2.02. The maximum atomic E-state index is 11.4. The fourth-order valence-electron chi connectivity index (χ4n) is 1.82. The first-order valence-electron chi connectivity index (χ1n) is 7.63. The molecule has 1 aliphatic rings. The van der Waals surface area contributed by atoms with Crippen molar-refractivity contribution in [1.82, 2.24) is 10.4 Å². The summed E-state index contributed by atoms with van der Waals surface area (Å²) < 4.78 is 9.12. The summed E-state index contributed by atoms with van der Waals surface area (Å²) in [7, 11) is 0. The van der Waals surface area contributed by atoms with Gasteiger partial charge in [-0.3, -0.25) is 24.0 Å². The van der Waals surface area contributed by atoms with Crippen LogP contribution in [0.4, 0.5) is 4.79 Å². The van der Waals surface area contributed by atoms with E-state index in [9.17, 15) is 24.0 Å². The van der Waals surface area contributed by atoms with Crippen LogP contribution in [0.2, 0.25) is 0 Å². The molecule has 140 valence electrons. The molecule has 1 heterocycles. The second kappa shape index (κ2) is 11.4. The third-order valence-electron chi connectivity index (χ3n) is 3.07. The van der Waals surface area contributed by atoms with E-state index in [0.717, 1.165) is 12.8 Å². The first-order valence-corrected chi connectivity index (χ1v) is 8.75. The highest BCUT2D eigenvalue weighted by Gasteiger charge is 2.33. The van der Waals surface area contributed by atoms with Gasteiger partial charge in [0, 0.05) is 25.8 Å². The highest BCUT2D eigenvalue weighted by Crippen LogP contribution is 2.12. The Morgan fingerprint density at radius 2 is 1.72 bits per heavy atom. The minimum absolute atomic E-state index is 0.0269. The zero-order valence-corrected chi connectivity index (χ0v) is 15.0. The first kappa shape index (κ1) is 20.9. The lowest BCUT2D eigenvalue weighted by molar-refractivity contribution is -0.182. The topological polar surface area (TPSA) is 128 Å². The average Bonchev–Trinajstić information content (AvgIpc) is 2.89. The number of rotatable bonds is 10. The van der Waals surface area contributed by atoms with Crippen molar-refractivity contribution in [3.05, 3.63) is 0 Å². The van der Waals surface area contributed by atoms with E-state index in [1.807, 2.05) is 0 Å². The number of hydrogen-bond donors (Lipinski definition) is 1. The Morgan fingerprint density at radius 3 is 2.36 bits per heavy atom. The molecule has 1 N–H and O–H groups in total. The minimum Gasteiger partial charge on any atom is -0.428 e. The minimum atomic E-state index is -1.31. The second-order valence-electron chi connectivity index (χ2n) is 5.00. The Kier molecular flexibility index (Phi) is 9.51. The molecule has 0 atom stereocenters. The number of ether oxygens (including phenoxy) is 2. The van der Waals surface area contributed by atoms with Gasteiger partial charge >= 0.3 is 12.1 Å². The van der Waals surface area contributed by atoms with Gasteiger partial charge in [-0.25, -0.2) is 4.79 Å². The van der Waals surface area contributed by atoms with Crippen LogP contribution >= 0.6 is 15.9 Å². The van der Waals surface area contributed by atoms with Crippen molar-refractivity contribution < 1.29 is 38.3 Å². The Labute approximate surface area is 152 Å². The van der Waals surface area contributed by atoms with E-state index in [1.54, 1.807) is 0 Å². The summed E-state index contributed by atoms with van der Waals surface area (Å²) >= 11 is 3.03. The second-order valence-corrected chi connectivity index (χ2v) is 5.56. The molecule has 0 saturated carbocycles. The molecule has 0 radical (unpaired) electrons. The van der Waals surface area contributed by atoms with Gasteiger partial charge in [-0.05, 0) is 12.8 Å². The maximum absolute atomic E-state index is 11.4. The number of hydrogen-bond acceptors (Lipinski definition) is 8. The van der Waals surface area contributed by atoms with Gasteiger partial charge in [0.15, 0.2) is 0 Å². The Balaban J connectivity index is 2.02. The molecule has 3 amide bonds. The third-order valence-corrected chi connectivity index (χ3v) is 3.58. The van der Waals surface area contributed by atoms with E-state index in [-0.39, 0.29) is 30.5 Å². The molecule has 0 aliphatic carbocycles. The molecule has 0 aromatic rings. The van der Waals surface area contributed by atoms with E-state index >= 15 is 0 Å². The van der Waals surface area contributed by atoms with Gasteiger partial charge < -0.3 is 14.8 Å². The number of halogens is 1. The average molecular weight is 423 g/mol. The van der Waals surface area contributed by atoms with Crippen molar-refractivity contribution in [3.8, 4) is 0 Å². The highest BCUT2D eigenvalue weighted by molar-refractivity contribution is 9.09. The maximum Gasteiger partial charge on any atom is 0.536 e. The number of nitrogens with zero attached hydrogens (tertiary/aromatic N) is 1. The molecule has 1 saturated heterocycles. The molecular weight excluding hydrogens is 404 g/mol. The molecule has 10 nitrogen and oxygen atoms in total. The Hall–Kier alpha value is -2.17. The predicted molar refractivity (Wildman–Crippen MR) is 84.9 cm³/mol. The molecule has 0 spiro atoms. The number of alkyl halides is 1. The van der Waals surface area contributed by atoms with Crippen LogP contribution in [0.1, 0.15) is 38.5 Å². The number of imide groups is 1. The van der Waals surface area contributed by atoms with Crippen LogP contribution in [0.15, 0.2) is 0 Å². The number of nitrogens with one attached hydrogen (secondary N) is 1. The number of esters is 1. The molecule has 0 aromatic carbocycles. The number of unbranched alkanes of at least 4 members (excludes halogenated alkanes) is 2. The van der Waals surface area contributed by atoms with Gasteiger partial charge in [0.1, 0.15) is 0 Å². The van der Waals surface area contributed by atoms with Crippen LogP contribution < -0.4 is 5.32 Å². The van der Waals surface area contributed by atoms with Gasteiger partial charge in [0.05, 0.1) is 5.33 Å². The summed E-state index contributed by atoms with van der Waals surface area (Å²) in [6, 6.07) is 0. The SMILES string of the molecule is O=C(CBr)NCCCCCC(=O)OCOC(=O)ON1C(=O)CCC1=O. The van der Waals surface area contributed by atoms with Crippen LogP contribution in [-0.2, 0) is 33.5 Å². The van der Waals surface area contributed by atoms with Crippen LogP contribution in [-0.4, -0.2) is 53.6 Å². The van der Waals surface area contributed by atoms with Crippen molar-refractivity contribution in [1.29, 1.82) is 0 Å². The Morgan fingerprint density at radius 1 is 1.04 bits per heavy atom. The standard InChI is InChI=1S/C14H19BrN2O8/c15-8-10(18)16-7-3-1-2-4-13(21)23-9-24-14(22)25-17-11(19)5-6-12(17)20/h1-9H2,(H,16,18). The molecule has 1 aliphatic heterocycles. The number of carbonyl (C=O) groups is 5. The molecular formula is C14H19BrN2O8. The number of amides is 3. The van der Waals surface area contributed by atoms with Crippen molar-refractivity contribution in [2.24, 2.45) is 0 Å². The third kappa shape index (κ3) is 8.47. The molecule has 1 fully saturated rings. The van der Waals surface area contributed by atoms with Crippen LogP contribution in [0.3, 0.4) is 0 Å². The zero-order valence-electron chi connectivity index (χ0n) is 13.5. The van der Waals surface area contributed by atoms with E-state index < -0.39 is 30.7 Å². The van der Waals surface area contributed by atoms with Gasteiger partial charge in [-0.15, -0.1) is 0 Å². The summed E-state index contributed by atoms with van der Waals surface area (Å²) in [6.45, 7) is -0.141. The van der Waals surface area contributed by atoms with Gasteiger partial charge in [0.25, 0.3) is 11.8 Å². The molecule has 0 unspecified atom stereocenters. The summed E-state index contributed by atoms with van der Waals surface area (Å²) in [5.41, 5.74) is 0. The zero-order chi connectivity index (χ0) is 18.7. The van der Waals surface area contributed by atoms with E-state index in [2.05, 4.69) is 35.6 Å². The molecule has 1 rings (SSSR count). The number of hydroxylamine groups is 2. The Bertz CT molecular complexity index is 509. The normalized spacial score (nSPS) is 13.6. The fraction of sp³-hybridized carbons (Fsp3) is 0.643. The lowest BCUT2D eigenvalue weighted by Gasteiger charge is -2.12. The van der Waals surface area contributed by atoms with Crippen molar-refractivity contribution in [2.75, 3.05) is 18.7 Å². The summed E-state index contributed by atoms with van der Waals surface area (Å²) in [5.74, 6) is -1.93. The van der Waals surface area contributed by atoms with Crippen molar-refractivity contribution in [2.45, 2.75) is 38.5 Å². The number of carbonyl (C=O) groups excluding carboxylic acids is 5. The molecule has 11 heteroatoms. The summed E-state index contributed by atoms with van der Waals surface area (Å²) in [6.07, 6.45) is 0.783. The first-order chi connectivity index (χ1) is 11.9. The molecule has 0 aromatic heterocycles. The highest BCUT2D eigenvalue weighted by atomic mass is 79.9. The smallest absolute Gasteiger partial charge is 0.428 e. The lowest BCUT2D eigenvalue weighted by atomic mass is 10.2. The largest absolute Gasteiger partial charge is 0.536 e. The van der Waals surface area contributed by atoms with Gasteiger partial charge in [-0.2, -0.15) is 0 Å². The lowest BCUT2D eigenvalue weighted by Crippen LogP contribution is -2.32. The van der Waals surface area contributed by atoms with Crippen LogP contribution in [0.25, 0.3) is 0 Å². The monoisotopic (exact) mass is 422 g/mol. The van der Waals surface area contributed by atoms with E-state index in [0.29, 0.717) is 18.0 Å². The quantitative estimate of drug-likeness (QED) is 0.180. The molecule has 0 bridgehead atoms. The van der Waals surface area contributed by atoms with Crippen molar-refractivity contribution >= 4 is 45.8 Å². The van der Waals surface area contributed by atoms with Gasteiger partial charge in [-0.1, -0.05) is 27.4 Å². The summed E-state index contributed by atoms with van der Waals surface area (Å²) in [4.78, 5) is 60.5.